The van der Waals surface area contributed by atoms with E-state index in [1.165, 1.54) is 18.4 Å². The first kappa shape index (κ1) is 14.3. The Morgan fingerprint density at radius 3 is 2.21 bits per heavy atom. The molecule has 4 nitrogen and oxygen atoms in total. The number of halogens is 1. The van der Waals surface area contributed by atoms with Gasteiger partial charge in [-0.1, -0.05) is 29.8 Å². The van der Waals surface area contributed by atoms with E-state index < -0.39 is 10.2 Å². The number of hydrogen-bond donors (Lipinski definition) is 1. The molecule has 0 aromatic heterocycles. The van der Waals surface area contributed by atoms with E-state index in [-0.39, 0.29) is 4.83 Å². The van der Waals surface area contributed by atoms with Crippen molar-refractivity contribution in [1.29, 1.82) is 0 Å². The highest BCUT2D eigenvalue weighted by Crippen LogP contribution is 2.11. The van der Waals surface area contributed by atoms with E-state index in [2.05, 4.69) is 34.5 Å². The van der Waals surface area contributed by atoms with E-state index >= 15 is 0 Å². The average molecular weight is 287 g/mol. The molecule has 0 bridgehead atoms. The second-order valence-corrected chi connectivity index (χ2v) is 7.13. The molecule has 0 aliphatic heterocycles. The molecule has 0 aromatic carbocycles. The number of rotatable bonds is 6. The monoisotopic (exact) mass is 286 g/mol. The Bertz CT molecular complexity index is 252. The average Bonchev–Trinajstić information content (AvgIpc) is 1.99. The topological polar surface area (TPSA) is 49.4 Å². The Labute approximate surface area is 95.4 Å². The van der Waals surface area contributed by atoms with E-state index in [4.69, 9.17) is 0 Å². The molecule has 0 radical (unpaired) electrons. The summed E-state index contributed by atoms with van der Waals surface area (Å²) in [6.45, 7) is 4.64. The van der Waals surface area contributed by atoms with Crippen LogP contribution in [0.25, 0.3) is 0 Å². The molecule has 0 rings (SSSR count). The molecular formula is C8H19BrN2O2S. The summed E-state index contributed by atoms with van der Waals surface area (Å²) in [5, 5.41) is 0. The van der Waals surface area contributed by atoms with Crippen molar-refractivity contribution in [3.63, 3.8) is 0 Å². The Morgan fingerprint density at radius 1 is 1.36 bits per heavy atom. The lowest BCUT2D eigenvalue weighted by Crippen LogP contribution is -2.38. The summed E-state index contributed by atoms with van der Waals surface area (Å²) in [6, 6.07) is 0. The summed E-state index contributed by atoms with van der Waals surface area (Å²) >= 11 is 3.43. The summed E-state index contributed by atoms with van der Waals surface area (Å²) in [6.07, 6.45) is 0.954. The van der Waals surface area contributed by atoms with Crippen LogP contribution in [-0.2, 0) is 10.2 Å². The highest BCUT2D eigenvalue weighted by molar-refractivity contribution is 9.09. The van der Waals surface area contributed by atoms with Crippen LogP contribution in [0.1, 0.15) is 20.3 Å². The standard InChI is InChI=1S/C8H19BrN2O2S/c1-7(2)5-8(9)6-10-14(12,13)11(3)4/h7-8,10H,5-6H2,1-4H3. The minimum atomic E-state index is -3.28. The van der Waals surface area contributed by atoms with Gasteiger partial charge in [0.25, 0.3) is 10.2 Å². The molecule has 14 heavy (non-hydrogen) atoms. The lowest BCUT2D eigenvalue weighted by molar-refractivity contribution is 0.498. The van der Waals surface area contributed by atoms with Crippen LogP contribution < -0.4 is 4.72 Å². The molecule has 0 amide bonds. The van der Waals surface area contributed by atoms with Crippen molar-refractivity contribution in [3.05, 3.63) is 0 Å². The van der Waals surface area contributed by atoms with Gasteiger partial charge < -0.3 is 0 Å². The largest absolute Gasteiger partial charge is 0.278 e. The summed E-state index contributed by atoms with van der Waals surface area (Å²) in [5.74, 6) is 0.559. The first-order valence-electron chi connectivity index (χ1n) is 4.57. The van der Waals surface area contributed by atoms with Crippen molar-refractivity contribution in [2.45, 2.75) is 25.1 Å². The Kier molecular flexibility index (Phi) is 6.20. The van der Waals surface area contributed by atoms with Crippen LogP contribution in [0, 0.1) is 5.92 Å². The first-order valence-corrected chi connectivity index (χ1v) is 6.92. The van der Waals surface area contributed by atoms with Gasteiger partial charge in [-0.15, -0.1) is 0 Å². The minimum Gasteiger partial charge on any atom is -0.201 e. The van der Waals surface area contributed by atoms with Crippen LogP contribution in [0.5, 0.6) is 0 Å². The molecule has 6 heteroatoms. The SMILES string of the molecule is CC(C)CC(Br)CNS(=O)(=O)N(C)C. The molecule has 0 aromatic rings. The molecule has 0 spiro atoms. The summed E-state index contributed by atoms with van der Waals surface area (Å²) in [5.41, 5.74) is 0. The summed E-state index contributed by atoms with van der Waals surface area (Å²) < 4.78 is 26.3. The molecule has 0 aliphatic rings. The predicted molar refractivity (Wildman–Crippen MR) is 62.8 cm³/mol. The lowest BCUT2D eigenvalue weighted by Gasteiger charge is -2.16. The van der Waals surface area contributed by atoms with Gasteiger partial charge in [0.1, 0.15) is 0 Å². The summed E-state index contributed by atoms with van der Waals surface area (Å²) in [7, 11) is -0.260. The fourth-order valence-electron chi connectivity index (χ4n) is 0.920. The van der Waals surface area contributed by atoms with Gasteiger partial charge in [0.15, 0.2) is 0 Å². The zero-order valence-electron chi connectivity index (χ0n) is 9.12. The quantitative estimate of drug-likeness (QED) is 0.746. The van der Waals surface area contributed by atoms with Crippen molar-refractivity contribution in [2.24, 2.45) is 5.92 Å². The third-order valence-electron chi connectivity index (χ3n) is 1.70. The van der Waals surface area contributed by atoms with Crippen LogP contribution in [0.15, 0.2) is 0 Å². The third-order valence-corrected chi connectivity index (χ3v) is 3.89. The number of nitrogens with one attached hydrogen (secondary N) is 1. The Morgan fingerprint density at radius 2 is 1.86 bits per heavy atom. The second kappa shape index (κ2) is 6.05. The number of nitrogens with zero attached hydrogens (tertiary/aromatic N) is 1. The zero-order chi connectivity index (χ0) is 11.4. The van der Waals surface area contributed by atoms with Gasteiger partial charge in [-0.25, -0.2) is 4.72 Å². The van der Waals surface area contributed by atoms with Gasteiger partial charge in [0.05, 0.1) is 0 Å². The molecule has 1 atom stereocenters. The van der Waals surface area contributed by atoms with Gasteiger partial charge in [0.2, 0.25) is 0 Å². The first-order chi connectivity index (χ1) is 6.25. The van der Waals surface area contributed by atoms with Crippen molar-refractivity contribution in [3.8, 4) is 0 Å². The van der Waals surface area contributed by atoms with E-state index in [1.807, 2.05) is 0 Å². The number of hydrogen-bond acceptors (Lipinski definition) is 2. The third kappa shape index (κ3) is 5.95. The van der Waals surface area contributed by atoms with E-state index in [0.29, 0.717) is 12.5 Å². The highest BCUT2D eigenvalue weighted by atomic mass is 79.9. The van der Waals surface area contributed by atoms with Crippen LogP contribution in [0.4, 0.5) is 0 Å². The summed E-state index contributed by atoms with van der Waals surface area (Å²) in [4.78, 5) is 0.192. The van der Waals surface area contributed by atoms with Crippen molar-refractivity contribution in [1.82, 2.24) is 9.03 Å². The molecular weight excluding hydrogens is 268 g/mol. The van der Waals surface area contributed by atoms with E-state index in [0.717, 1.165) is 6.42 Å². The Balaban J connectivity index is 3.95. The normalized spacial score (nSPS) is 15.1. The maximum Gasteiger partial charge on any atom is 0.278 e. The maximum absolute atomic E-state index is 11.3. The molecule has 0 heterocycles. The fraction of sp³-hybridized carbons (Fsp3) is 1.00. The minimum absolute atomic E-state index is 0.192. The van der Waals surface area contributed by atoms with E-state index in [1.54, 1.807) is 0 Å². The molecule has 0 fully saturated rings. The van der Waals surface area contributed by atoms with Crippen LogP contribution in [0.3, 0.4) is 0 Å². The van der Waals surface area contributed by atoms with Gasteiger partial charge in [-0.05, 0) is 12.3 Å². The van der Waals surface area contributed by atoms with Gasteiger partial charge >= 0.3 is 0 Å². The van der Waals surface area contributed by atoms with Crippen molar-refractivity contribution >= 4 is 26.1 Å². The molecule has 0 saturated heterocycles. The van der Waals surface area contributed by atoms with Crippen LogP contribution in [0.2, 0.25) is 0 Å². The van der Waals surface area contributed by atoms with E-state index in [9.17, 15) is 8.42 Å². The highest BCUT2D eigenvalue weighted by Gasteiger charge is 2.15. The maximum atomic E-state index is 11.3. The molecule has 0 saturated carbocycles. The molecule has 0 aliphatic carbocycles. The lowest BCUT2D eigenvalue weighted by atomic mass is 10.1. The number of alkyl halides is 1. The molecule has 1 N–H and O–H groups in total. The Hall–Kier alpha value is 0.350. The predicted octanol–water partition coefficient (Wildman–Crippen LogP) is 1.19. The molecule has 1 unspecified atom stereocenters. The van der Waals surface area contributed by atoms with Crippen molar-refractivity contribution < 1.29 is 8.42 Å². The van der Waals surface area contributed by atoms with Crippen molar-refractivity contribution in [2.75, 3.05) is 20.6 Å². The van der Waals surface area contributed by atoms with Crippen LogP contribution in [-0.4, -0.2) is 38.2 Å². The smallest absolute Gasteiger partial charge is 0.201 e. The zero-order valence-corrected chi connectivity index (χ0v) is 11.5. The molecule has 86 valence electrons. The second-order valence-electron chi connectivity index (χ2n) is 3.86. The van der Waals surface area contributed by atoms with Crippen LogP contribution >= 0.6 is 15.9 Å². The van der Waals surface area contributed by atoms with Gasteiger partial charge in [-0.2, -0.15) is 12.7 Å². The fourth-order valence-corrected chi connectivity index (χ4v) is 2.71. The van der Waals surface area contributed by atoms with Gasteiger partial charge in [0, 0.05) is 25.5 Å². The van der Waals surface area contributed by atoms with Gasteiger partial charge in [-0.3, -0.25) is 0 Å².